The fourth-order valence-corrected chi connectivity index (χ4v) is 3.11. The number of Topliss-reactive ketones (excluding diaryl/α,β-unsaturated/α-hetero) is 2. The Hall–Kier alpha value is -2.74. The number of rotatable bonds is 6. The lowest BCUT2D eigenvalue weighted by Crippen LogP contribution is -2.16. The first-order valence-electron chi connectivity index (χ1n) is 8.29. The van der Waals surface area contributed by atoms with Crippen LogP contribution in [0.25, 0.3) is 10.8 Å². The summed E-state index contributed by atoms with van der Waals surface area (Å²) in [6.07, 6.45) is 0.646. The van der Waals surface area contributed by atoms with Gasteiger partial charge in [0, 0.05) is 24.3 Å². The molecule has 0 amide bonds. The summed E-state index contributed by atoms with van der Waals surface area (Å²) in [5.74, 6) is -0.250. The van der Waals surface area contributed by atoms with Crippen molar-refractivity contribution < 1.29 is 9.59 Å². The first-order chi connectivity index (χ1) is 11.7. The van der Waals surface area contributed by atoms with Gasteiger partial charge in [-0.05, 0) is 16.3 Å². The third-order valence-electron chi connectivity index (χ3n) is 4.42. The van der Waals surface area contributed by atoms with Crippen molar-refractivity contribution in [3.05, 3.63) is 83.9 Å². The van der Waals surface area contributed by atoms with Crippen LogP contribution >= 0.6 is 0 Å². The second-order valence-corrected chi connectivity index (χ2v) is 5.94. The zero-order valence-corrected chi connectivity index (χ0v) is 13.7. The summed E-state index contributed by atoms with van der Waals surface area (Å²) in [5, 5.41) is 1.99. The van der Waals surface area contributed by atoms with Gasteiger partial charge in [0.1, 0.15) is 5.78 Å². The first-order valence-corrected chi connectivity index (χ1v) is 8.29. The van der Waals surface area contributed by atoms with Crippen molar-refractivity contribution in [3.8, 4) is 0 Å². The van der Waals surface area contributed by atoms with Gasteiger partial charge in [-0.1, -0.05) is 79.7 Å². The molecule has 0 saturated carbocycles. The van der Waals surface area contributed by atoms with E-state index in [9.17, 15) is 9.59 Å². The minimum atomic E-state index is -0.373. The standard InChI is InChI=1S/C22H20O2/c1-2-21(23)20(17-9-4-3-5-10-17)15-22(24)19-14-8-12-16-11-6-7-13-18(16)19/h3-14,20H,2,15H2,1H3. The molecule has 2 heteroatoms. The molecule has 3 rings (SSSR count). The van der Waals surface area contributed by atoms with Crippen LogP contribution in [0, 0.1) is 0 Å². The van der Waals surface area contributed by atoms with E-state index in [-0.39, 0.29) is 23.9 Å². The molecule has 0 aromatic heterocycles. The molecule has 0 aliphatic rings. The highest BCUT2D eigenvalue weighted by Gasteiger charge is 2.23. The van der Waals surface area contributed by atoms with Gasteiger partial charge in [-0.15, -0.1) is 0 Å². The van der Waals surface area contributed by atoms with Gasteiger partial charge in [0.25, 0.3) is 0 Å². The Morgan fingerprint density at radius 2 is 1.50 bits per heavy atom. The number of carbonyl (C=O) groups is 2. The Morgan fingerprint density at radius 1 is 0.833 bits per heavy atom. The fourth-order valence-electron chi connectivity index (χ4n) is 3.11. The predicted octanol–water partition coefficient (Wildman–Crippen LogP) is 5.18. The molecule has 3 aromatic rings. The van der Waals surface area contributed by atoms with Crippen LogP contribution in [0.5, 0.6) is 0 Å². The Bertz CT molecular complexity index is 860. The molecule has 0 aliphatic heterocycles. The number of carbonyl (C=O) groups excluding carboxylic acids is 2. The van der Waals surface area contributed by atoms with Crippen molar-refractivity contribution in [1.82, 2.24) is 0 Å². The molecule has 0 heterocycles. The molecule has 0 spiro atoms. The summed E-state index contributed by atoms with van der Waals surface area (Å²) in [6, 6.07) is 23.2. The maximum absolute atomic E-state index is 12.9. The molecule has 0 fully saturated rings. The molecule has 120 valence electrons. The van der Waals surface area contributed by atoms with Crippen LogP contribution < -0.4 is 0 Å². The van der Waals surface area contributed by atoms with Gasteiger partial charge in [0.05, 0.1) is 0 Å². The summed E-state index contributed by atoms with van der Waals surface area (Å²) in [7, 11) is 0. The van der Waals surface area contributed by atoms with Gasteiger partial charge < -0.3 is 0 Å². The summed E-state index contributed by atoms with van der Waals surface area (Å²) >= 11 is 0. The van der Waals surface area contributed by atoms with E-state index in [4.69, 9.17) is 0 Å². The minimum absolute atomic E-state index is 0.0162. The van der Waals surface area contributed by atoms with Crippen molar-refractivity contribution in [3.63, 3.8) is 0 Å². The molecule has 0 aliphatic carbocycles. The predicted molar refractivity (Wildman–Crippen MR) is 97.4 cm³/mol. The van der Waals surface area contributed by atoms with E-state index in [1.807, 2.05) is 79.7 Å². The van der Waals surface area contributed by atoms with Gasteiger partial charge in [0.2, 0.25) is 0 Å². The van der Waals surface area contributed by atoms with Crippen LogP contribution in [-0.2, 0) is 4.79 Å². The third kappa shape index (κ3) is 3.28. The van der Waals surface area contributed by atoms with Gasteiger partial charge in [0.15, 0.2) is 5.78 Å². The minimum Gasteiger partial charge on any atom is -0.299 e. The summed E-state index contributed by atoms with van der Waals surface area (Å²) < 4.78 is 0. The highest BCUT2D eigenvalue weighted by Crippen LogP contribution is 2.27. The van der Waals surface area contributed by atoms with Gasteiger partial charge in [-0.3, -0.25) is 9.59 Å². The Labute approximate surface area is 142 Å². The molecular weight excluding hydrogens is 296 g/mol. The van der Waals surface area contributed by atoms with E-state index in [2.05, 4.69) is 0 Å². The van der Waals surface area contributed by atoms with Crippen LogP contribution in [-0.4, -0.2) is 11.6 Å². The Morgan fingerprint density at radius 3 is 2.25 bits per heavy atom. The topological polar surface area (TPSA) is 34.1 Å². The van der Waals surface area contributed by atoms with Crippen LogP contribution in [0.3, 0.4) is 0 Å². The van der Waals surface area contributed by atoms with Gasteiger partial charge in [-0.2, -0.15) is 0 Å². The lowest BCUT2D eigenvalue weighted by atomic mass is 9.86. The molecule has 24 heavy (non-hydrogen) atoms. The zero-order valence-electron chi connectivity index (χ0n) is 13.7. The maximum atomic E-state index is 12.9. The average molecular weight is 316 g/mol. The summed E-state index contributed by atoms with van der Waals surface area (Å²) in [4.78, 5) is 25.3. The van der Waals surface area contributed by atoms with Gasteiger partial charge in [-0.25, -0.2) is 0 Å². The molecule has 0 N–H and O–H groups in total. The molecular formula is C22H20O2. The third-order valence-corrected chi connectivity index (χ3v) is 4.42. The second kappa shape index (κ2) is 7.22. The SMILES string of the molecule is CCC(=O)C(CC(=O)c1cccc2ccccc12)c1ccccc1. The van der Waals surface area contributed by atoms with Crippen molar-refractivity contribution >= 4 is 22.3 Å². The van der Waals surface area contributed by atoms with Crippen LogP contribution in [0.4, 0.5) is 0 Å². The molecule has 0 radical (unpaired) electrons. The average Bonchev–Trinajstić information content (AvgIpc) is 2.65. The monoisotopic (exact) mass is 316 g/mol. The zero-order chi connectivity index (χ0) is 16.9. The van der Waals surface area contributed by atoms with Crippen molar-refractivity contribution in [2.45, 2.75) is 25.7 Å². The highest BCUT2D eigenvalue weighted by molar-refractivity contribution is 6.09. The summed E-state index contributed by atoms with van der Waals surface area (Å²) in [6.45, 7) is 1.85. The molecule has 3 aromatic carbocycles. The van der Waals surface area contributed by atoms with Crippen LogP contribution in [0.1, 0.15) is 41.6 Å². The van der Waals surface area contributed by atoms with Crippen molar-refractivity contribution in [2.24, 2.45) is 0 Å². The summed E-state index contributed by atoms with van der Waals surface area (Å²) in [5.41, 5.74) is 1.61. The number of hydrogen-bond acceptors (Lipinski definition) is 2. The van der Waals surface area contributed by atoms with Crippen molar-refractivity contribution in [1.29, 1.82) is 0 Å². The first kappa shape index (κ1) is 16.1. The number of ketones is 2. The largest absolute Gasteiger partial charge is 0.299 e. The molecule has 2 nitrogen and oxygen atoms in total. The van der Waals surface area contributed by atoms with Crippen LogP contribution in [0.15, 0.2) is 72.8 Å². The number of hydrogen-bond donors (Lipinski definition) is 0. The van der Waals surface area contributed by atoms with E-state index in [0.29, 0.717) is 12.0 Å². The maximum Gasteiger partial charge on any atom is 0.164 e. The smallest absolute Gasteiger partial charge is 0.164 e. The second-order valence-electron chi connectivity index (χ2n) is 5.94. The normalized spacial score (nSPS) is 12.0. The fraction of sp³-hybridized carbons (Fsp3) is 0.182. The highest BCUT2D eigenvalue weighted by atomic mass is 16.1. The molecule has 0 saturated heterocycles. The van der Waals surface area contributed by atoms with E-state index in [1.165, 1.54) is 0 Å². The molecule has 0 bridgehead atoms. The molecule has 1 atom stereocenters. The van der Waals surface area contributed by atoms with E-state index < -0.39 is 0 Å². The number of fused-ring (bicyclic) bond motifs is 1. The lowest BCUT2D eigenvalue weighted by molar-refractivity contribution is -0.120. The van der Waals surface area contributed by atoms with Crippen molar-refractivity contribution in [2.75, 3.05) is 0 Å². The van der Waals surface area contributed by atoms with Gasteiger partial charge >= 0.3 is 0 Å². The lowest BCUT2D eigenvalue weighted by Gasteiger charge is -2.15. The number of benzene rings is 3. The van der Waals surface area contributed by atoms with Crippen LogP contribution in [0.2, 0.25) is 0 Å². The van der Waals surface area contributed by atoms with E-state index in [1.54, 1.807) is 0 Å². The quantitative estimate of drug-likeness (QED) is 0.587. The molecule has 1 unspecified atom stereocenters. The Kier molecular flexibility index (Phi) is 4.85. The van der Waals surface area contributed by atoms with E-state index in [0.717, 1.165) is 16.3 Å². The van der Waals surface area contributed by atoms with E-state index >= 15 is 0 Å². The Balaban J connectivity index is 1.95.